The Morgan fingerprint density at radius 1 is 0.676 bits per heavy atom. The molecule has 5 rings (SSSR count). The molecule has 3 heteroatoms. The first-order valence-corrected chi connectivity index (χ1v) is 11.3. The zero-order chi connectivity index (χ0) is 23.2. The smallest absolute Gasteiger partial charge is 0.129 e. The van der Waals surface area contributed by atoms with Gasteiger partial charge in [-0.15, -0.1) is 0 Å². The number of aliphatic imine (C=N–C) groups is 1. The molecule has 0 atom stereocenters. The molecule has 166 valence electrons. The van der Waals surface area contributed by atoms with Gasteiger partial charge < -0.3 is 9.47 Å². The Morgan fingerprint density at radius 2 is 1.38 bits per heavy atom. The van der Waals surface area contributed by atoms with Crippen LogP contribution in [0.5, 0.6) is 17.2 Å². The largest absolute Gasteiger partial charge is 0.488 e. The Morgan fingerprint density at radius 3 is 2.18 bits per heavy atom. The molecule has 34 heavy (non-hydrogen) atoms. The van der Waals surface area contributed by atoms with Crippen molar-refractivity contribution in [3.8, 4) is 17.2 Å². The fourth-order valence-corrected chi connectivity index (χ4v) is 3.74. The summed E-state index contributed by atoms with van der Waals surface area (Å²) in [5.41, 5.74) is 4.19. The SMILES string of the molecule is Cc1ccc(COc2ccc3ccccc3c2C=Nc2ccc(Oc3ccccc3)cc2)cc1. The first-order valence-electron chi connectivity index (χ1n) is 11.3. The minimum Gasteiger partial charge on any atom is -0.488 e. The van der Waals surface area contributed by atoms with Gasteiger partial charge in [0.05, 0.1) is 5.69 Å². The molecule has 0 spiro atoms. The highest BCUT2D eigenvalue weighted by Crippen LogP contribution is 2.29. The van der Waals surface area contributed by atoms with Crippen LogP contribution < -0.4 is 9.47 Å². The molecule has 5 aromatic carbocycles. The number of hydrogen-bond donors (Lipinski definition) is 0. The Balaban J connectivity index is 1.39. The molecule has 3 nitrogen and oxygen atoms in total. The van der Waals surface area contributed by atoms with E-state index in [1.54, 1.807) is 0 Å². The number of hydrogen-bond acceptors (Lipinski definition) is 3. The van der Waals surface area contributed by atoms with Gasteiger partial charge in [-0.1, -0.05) is 78.4 Å². The minimum absolute atomic E-state index is 0.505. The average molecular weight is 444 g/mol. The second-order valence-corrected chi connectivity index (χ2v) is 8.14. The van der Waals surface area contributed by atoms with Crippen LogP contribution in [0.25, 0.3) is 10.8 Å². The summed E-state index contributed by atoms with van der Waals surface area (Å²) in [4.78, 5) is 4.74. The van der Waals surface area contributed by atoms with E-state index in [0.29, 0.717) is 6.61 Å². The van der Waals surface area contributed by atoms with Crippen LogP contribution in [0.15, 0.2) is 120 Å². The van der Waals surface area contributed by atoms with Crippen molar-refractivity contribution in [2.45, 2.75) is 13.5 Å². The summed E-state index contributed by atoms with van der Waals surface area (Å²) in [5.74, 6) is 2.40. The minimum atomic E-state index is 0.505. The van der Waals surface area contributed by atoms with E-state index in [1.807, 2.05) is 79.0 Å². The first-order chi connectivity index (χ1) is 16.7. The van der Waals surface area contributed by atoms with Crippen molar-refractivity contribution in [2.75, 3.05) is 0 Å². The predicted molar refractivity (Wildman–Crippen MR) is 140 cm³/mol. The van der Waals surface area contributed by atoms with Gasteiger partial charge in [-0.05, 0) is 65.7 Å². The Hall–Kier alpha value is -4.37. The van der Waals surface area contributed by atoms with E-state index >= 15 is 0 Å². The molecule has 0 fully saturated rings. The molecule has 0 unspecified atom stereocenters. The maximum Gasteiger partial charge on any atom is 0.129 e. The fraction of sp³-hybridized carbons (Fsp3) is 0.0645. The van der Waals surface area contributed by atoms with Crippen LogP contribution in [0.2, 0.25) is 0 Å². The number of para-hydroxylation sites is 1. The lowest BCUT2D eigenvalue weighted by atomic mass is 10.0. The molecule has 0 aliphatic rings. The van der Waals surface area contributed by atoms with Gasteiger partial charge in [-0.2, -0.15) is 0 Å². The second kappa shape index (κ2) is 10.1. The summed E-state index contributed by atoms with van der Waals surface area (Å²) in [6.07, 6.45) is 1.89. The topological polar surface area (TPSA) is 30.8 Å². The monoisotopic (exact) mass is 443 g/mol. The molecule has 0 bridgehead atoms. The molecule has 0 aliphatic carbocycles. The molecule has 0 N–H and O–H groups in total. The number of fused-ring (bicyclic) bond motifs is 1. The molecule has 0 saturated carbocycles. The summed E-state index contributed by atoms with van der Waals surface area (Å²) in [6.45, 7) is 2.59. The predicted octanol–water partition coefficient (Wildman–Crippen LogP) is 8.27. The van der Waals surface area contributed by atoms with Crippen LogP contribution in [-0.2, 0) is 6.61 Å². The molecule has 0 heterocycles. The Kier molecular flexibility index (Phi) is 6.35. The summed E-state index contributed by atoms with van der Waals surface area (Å²) in [7, 11) is 0. The highest BCUT2D eigenvalue weighted by Gasteiger charge is 2.08. The van der Waals surface area contributed by atoms with Crippen molar-refractivity contribution in [1.29, 1.82) is 0 Å². The molecule has 0 radical (unpaired) electrons. The molecule has 0 aromatic heterocycles. The molecule has 0 amide bonds. The van der Waals surface area contributed by atoms with E-state index in [-0.39, 0.29) is 0 Å². The maximum absolute atomic E-state index is 6.23. The number of rotatable bonds is 7. The van der Waals surface area contributed by atoms with E-state index in [4.69, 9.17) is 14.5 Å². The standard InChI is InChI=1S/C31H25NO2/c1-23-11-13-24(14-12-23)22-33-31-20-15-25-7-5-6-10-29(25)30(31)21-32-26-16-18-28(19-17-26)34-27-8-3-2-4-9-27/h2-21H,22H2,1H3. The highest BCUT2D eigenvalue weighted by molar-refractivity contribution is 6.03. The average Bonchev–Trinajstić information content (AvgIpc) is 2.89. The van der Waals surface area contributed by atoms with Crippen LogP contribution in [0.4, 0.5) is 5.69 Å². The van der Waals surface area contributed by atoms with E-state index in [9.17, 15) is 0 Å². The van der Waals surface area contributed by atoms with Gasteiger partial charge in [-0.25, -0.2) is 0 Å². The van der Waals surface area contributed by atoms with Gasteiger partial charge in [0.15, 0.2) is 0 Å². The summed E-state index contributed by atoms with van der Waals surface area (Å²) in [6, 6.07) is 38.3. The maximum atomic E-state index is 6.23. The molecule has 0 saturated heterocycles. The highest BCUT2D eigenvalue weighted by atomic mass is 16.5. The van der Waals surface area contributed by atoms with Crippen molar-refractivity contribution in [1.82, 2.24) is 0 Å². The van der Waals surface area contributed by atoms with E-state index in [1.165, 1.54) is 5.56 Å². The third kappa shape index (κ3) is 5.16. The van der Waals surface area contributed by atoms with Crippen molar-refractivity contribution < 1.29 is 9.47 Å². The van der Waals surface area contributed by atoms with Crippen LogP contribution in [-0.4, -0.2) is 6.21 Å². The van der Waals surface area contributed by atoms with Gasteiger partial charge in [0, 0.05) is 11.8 Å². The Labute approximate surface area is 200 Å². The van der Waals surface area contributed by atoms with Gasteiger partial charge in [-0.3, -0.25) is 4.99 Å². The van der Waals surface area contributed by atoms with Crippen LogP contribution in [0, 0.1) is 6.92 Å². The quantitative estimate of drug-likeness (QED) is 0.237. The van der Waals surface area contributed by atoms with Gasteiger partial charge in [0.1, 0.15) is 23.9 Å². The number of ether oxygens (including phenoxy) is 2. The van der Waals surface area contributed by atoms with E-state index in [2.05, 4.69) is 49.4 Å². The number of nitrogens with zero attached hydrogens (tertiary/aromatic N) is 1. The summed E-state index contributed by atoms with van der Waals surface area (Å²) < 4.78 is 12.1. The number of aryl methyl sites for hydroxylation is 1. The van der Waals surface area contributed by atoms with Crippen LogP contribution in [0.3, 0.4) is 0 Å². The van der Waals surface area contributed by atoms with Crippen molar-refractivity contribution in [2.24, 2.45) is 4.99 Å². The number of benzene rings is 5. The van der Waals surface area contributed by atoms with Crippen molar-refractivity contribution >= 4 is 22.7 Å². The van der Waals surface area contributed by atoms with Crippen molar-refractivity contribution in [3.63, 3.8) is 0 Å². The zero-order valence-electron chi connectivity index (χ0n) is 19.0. The lowest BCUT2D eigenvalue weighted by molar-refractivity contribution is 0.306. The van der Waals surface area contributed by atoms with Gasteiger partial charge >= 0.3 is 0 Å². The summed E-state index contributed by atoms with van der Waals surface area (Å²) >= 11 is 0. The van der Waals surface area contributed by atoms with Crippen molar-refractivity contribution in [3.05, 3.63) is 132 Å². The molecular weight excluding hydrogens is 418 g/mol. The van der Waals surface area contributed by atoms with Gasteiger partial charge in [0.2, 0.25) is 0 Å². The zero-order valence-corrected chi connectivity index (χ0v) is 19.0. The normalized spacial score (nSPS) is 11.1. The lowest BCUT2D eigenvalue weighted by Gasteiger charge is -2.12. The fourth-order valence-electron chi connectivity index (χ4n) is 3.74. The third-order valence-corrected chi connectivity index (χ3v) is 5.60. The Bertz CT molecular complexity index is 1410. The van der Waals surface area contributed by atoms with Gasteiger partial charge in [0.25, 0.3) is 0 Å². The summed E-state index contributed by atoms with van der Waals surface area (Å²) in [5, 5.41) is 2.26. The third-order valence-electron chi connectivity index (χ3n) is 5.60. The molecule has 0 aliphatic heterocycles. The molecular formula is C31H25NO2. The lowest BCUT2D eigenvalue weighted by Crippen LogP contribution is -1.99. The van der Waals surface area contributed by atoms with Crippen LogP contribution in [0.1, 0.15) is 16.7 Å². The molecule has 5 aromatic rings. The second-order valence-electron chi connectivity index (χ2n) is 8.14. The first kappa shape index (κ1) is 21.5. The van der Waals surface area contributed by atoms with E-state index in [0.717, 1.165) is 44.8 Å². The van der Waals surface area contributed by atoms with E-state index < -0.39 is 0 Å². The van der Waals surface area contributed by atoms with Crippen LogP contribution >= 0.6 is 0 Å².